The van der Waals surface area contributed by atoms with Crippen molar-refractivity contribution in [3.8, 4) is 0 Å². The zero-order valence-corrected chi connectivity index (χ0v) is 12.8. The molecule has 0 aliphatic rings. The van der Waals surface area contributed by atoms with Crippen LogP contribution in [0.25, 0.3) is 0 Å². The van der Waals surface area contributed by atoms with Crippen molar-refractivity contribution < 1.29 is 13.2 Å². The molecule has 0 aromatic rings. The Labute approximate surface area is 116 Å². The van der Waals surface area contributed by atoms with Gasteiger partial charge in [0.05, 0.1) is 5.75 Å². The molecular weight excluding hydrogens is 278 g/mol. The zero-order valence-electron chi connectivity index (χ0n) is 11.2. The van der Waals surface area contributed by atoms with Crippen LogP contribution in [0.15, 0.2) is 0 Å². The maximum atomic E-state index is 11.4. The molecule has 0 radical (unpaired) electrons. The predicted octanol–water partition coefficient (Wildman–Crippen LogP) is -0.148. The molecule has 1 amide bonds. The monoisotopic (exact) mass is 301 g/mol. The summed E-state index contributed by atoms with van der Waals surface area (Å²) in [7, 11) is -1.46. The van der Waals surface area contributed by atoms with Crippen LogP contribution in [-0.2, 0) is 14.8 Å². The molecule has 0 atom stereocenters. The molecule has 0 rings (SSSR count). The summed E-state index contributed by atoms with van der Waals surface area (Å²) in [5.74, 6) is -0.192. The van der Waals surface area contributed by atoms with E-state index in [2.05, 4.69) is 15.4 Å². The largest absolute Gasteiger partial charge is 0.355 e. The molecule has 0 aliphatic carbocycles. The third-order valence-corrected chi connectivity index (χ3v) is 3.51. The second-order valence-corrected chi connectivity index (χ2v) is 6.02. The first-order valence-corrected chi connectivity index (χ1v) is 7.44. The fourth-order valence-corrected chi connectivity index (χ4v) is 2.46. The van der Waals surface area contributed by atoms with Crippen LogP contribution in [0.5, 0.6) is 0 Å². The van der Waals surface area contributed by atoms with E-state index >= 15 is 0 Å². The smallest absolute Gasteiger partial charge is 0.220 e. The van der Waals surface area contributed by atoms with Crippen LogP contribution in [0.1, 0.15) is 26.7 Å². The first-order valence-electron chi connectivity index (χ1n) is 5.78. The number of sulfonamides is 1. The van der Waals surface area contributed by atoms with Gasteiger partial charge in [-0.2, -0.15) is 0 Å². The number of carbonyl (C=O) groups is 1. The Bertz CT molecular complexity index is 320. The average Bonchev–Trinajstić information content (AvgIpc) is 2.15. The predicted molar refractivity (Wildman–Crippen MR) is 75.5 cm³/mol. The van der Waals surface area contributed by atoms with Gasteiger partial charge in [0, 0.05) is 19.0 Å². The van der Waals surface area contributed by atoms with Gasteiger partial charge in [-0.25, -0.2) is 13.1 Å². The van der Waals surface area contributed by atoms with E-state index in [4.69, 9.17) is 0 Å². The number of halogens is 1. The normalized spacial score (nSPS) is 11.1. The zero-order chi connectivity index (χ0) is 13.3. The van der Waals surface area contributed by atoms with E-state index in [1.165, 1.54) is 0 Å². The van der Waals surface area contributed by atoms with E-state index < -0.39 is 10.0 Å². The highest BCUT2D eigenvalue weighted by Crippen LogP contribution is 1.89. The molecule has 6 nitrogen and oxygen atoms in total. The van der Waals surface area contributed by atoms with E-state index in [9.17, 15) is 13.2 Å². The van der Waals surface area contributed by atoms with E-state index in [0.717, 1.165) is 13.0 Å². The maximum absolute atomic E-state index is 11.4. The summed E-state index contributed by atoms with van der Waals surface area (Å²) in [6.45, 7) is 4.45. The molecule has 0 spiro atoms. The molecular formula is C10H24ClN3O3S. The third kappa shape index (κ3) is 12.1. The van der Waals surface area contributed by atoms with Crippen LogP contribution < -0.4 is 15.4 Å². The second-order valence-electron chi connectivity index (χ2n) is 4.15. The highest BCUT2D eigenvalue weighted by Gasteiger charge is 2.11. The molecule has 18 heavy (non-hydrogen) atoms. The van der Waals surface area contributed by atoms with Gasteiger partial charge in [0.2, 0.25) is 15.9 Å². The van der Waals surface area contributed by atoms with Gasteiger partial charge in [0.15, 0.2) is 0 Å². The molecule has 0 aromatic heterocycles. The van der Waals surface area contributed by atoms with Crippen molar-refractivity contribution in [2.75, 3.05) is 25.9 Å². The molecule has 3 N–H and O–H groups in total. The fraction of sp³-hybridized carbons (Fsp3) is 0.900. The van der Waals surface area contributed by atoms with Crippen molar-refractivity contribution in [2.24, 2.45) is 0 Å². The van der Waals surface area contributed by atoms with E-state index in [0.29, 0.717) is 6.42 Å². The van der Waals surface area contributed by atoms with Crippen LogP contribution in [0, 0.1) is 0 Å². The van der Waals surface area contributed by atoms with Crippen molar-refractivity contribution in [2.45, 2.75) is 32.7 Å². The molecule has 0 aliphatic heterocycles. The Morgan fingerprint density at radius 3 is 2.33 bits per heavy atom. The van der Waals surface area contributed by atoms with Gasteiger partial charge in [0.1, 0.15) is 0 Å². The van der Waals surface area contributed by atoms with Crippen LogP contribution in [0.4, 0.5) is 0 Å². The van der Waals surface area contributed by atoms with Gasteiger partial charge >= 0.3 is 0 Å². The van der Waals surface area contributed by atoms with Crippen molar-refractivity contribution in [3.63, 3.8) is 0 Å². The molecule has 0 aromatic carbocycles. The first-order chi connectivity index (χ1) is 7.87. The number of carbonyl (C=O) groups excluding carboxylic acids is 1. The van der Waals surface area contributed by atoms with Gasteiger partial charge in [-0.3, -0.25) is 4.79 Å². The summed E-state index contributed by atoms with van der Waals surface area (Å²) in [5, 5.41) is 5.52. The fourth-order valence-electron chi connectivity index (χ4n) is 1.26. The second kappa shape index (κ2) is 10.5. The highest BCUT2D eigenvalue weighted by molar-refractivity contribution is 7.89. The van der Waals surface area contributed by atoms with Crippen molar-refractivity contribution >= 4 is 28.3 Å². The number of hydrogen-bond acceptors (Lipinski definition) is 4. The minimum Gasteiger partial charge on any atom is -0.355 e. The Morgan fingerprint density at radius 1 is 1.22 bits per heavy atom. The molecule has 0 saturated carbocycles. The number of rotatable bonds is 9. The van der Waals surface area contributed by atoms with Crippen molar-refractivity contribution in [3.05, 3.63) is 0 Å². The molecule has 0 heterocycles. The Hall–Kier alpha value is -0.370. The summed E-state index contributed by atoms with van der Waals surface area (Å²) in [4.78, 5) is 11.3. The van der Waals surface area contributed by atoms with Gasteiger partial charge in [0.25, 0.3) is 0 Å². The lowest BCUT2D eigenvalue weighted by Crippen LogP contribution is -2.37. The lowest BCUT2D eigenvalue weighted by Gasteiger charge is -2.10. The lowest BCUT2D eigenvalue weighted by molar-refractivity contribution is -0.121. The van der Waals surface area contributed by atoms with Crippen LogP contribution >= 0.6 is 12.4 Å². The van der Waals surface area contributed by atoms with Crippen molar-refractivity contribution in [1.29, 1.82) is 0 Å². The van der Waals surface area contributed by atoms with Crippen molar-refractivity contribution in [1.82, 2.24) is 15.4 Å². The minimum absolute atomic E-state index is 0. The van der Waals surface area contributed by atoms with Gasteiger partial charge in [-0.15, -0.1) is 12.4 Å². The molecule has 0 bridgehead atoms. The Balaban J connectivity index is 0. The van der Waals surface area contributed by atoms with E-state index in [1.807, 2.05) is 7.05 Å². The molecule has 8 heteroatoms. The first kappa shape index (κ1) is 20.0. The van der Waals surface area contributed by atoms with Gasteiger partial charge in [-0.1, -0.05) is 0 Å². The maximum Gasteiger partial charge on any atom is 0.220 e. The Morgan fingerprint density at radius 2 is 1.83 bits per heavy atom. The Kier molecular flexibility index (Phi) is 11.7. The third-order valence-electron chi connectivity index (χ3n) is 1.94. The standard InChI is InChI=1S/C10H23N3O3S.ClH/c1-9(2)13-17(15,16)8-7-12-10(14)5-4-6-11-3;/h9,11,13H,4-8H2,1-3H3,(H,12,14);1H. The summed E-state index contributed by atoms with van der Waals surface area (Å²) in [6, 6.07) is -0.119. The van der Waals surface area contributed by atoms with E-state index in [-0.39, 0.29) is 36.7 Å². The van der Waals surface area contributed by atoms with Crippen LogP contribution in [0.2, 0.25) is 0 Å². The quantitative estimate of drug-likeness (QED) is 0.517. The molecule has 0 saturated heterocycles. The lowest BCUT2D eigenvalue weighted by atomic mass is 10.3. The molecule has 0 unspecified atom stereocenters. The average molecular weight is 302 g/mol. The highest BCUT2D eigenvalue weighted by atomic mass is 35.5. The van der Waals surface area contributed by atoms with Crippen LogP contribution in [-0.4, -0.2) is 46.3 Å². The van der Waals surface area contributed by atoms with Gasteiger partial charge < -0.3 is 10.6 Å². The number of hydrogen-bond donors (Lipinski definition) is 3. The van der Waals surface area contributed by atoms with Gasteiger partial charge in [-0.05, 0) is 33.9 Å². The summed E-state index contributed by atoms with van der Waals surface area (Å²) in [5.41, 5.74) is 0. The minimum atomic E-state index is -3.28. The molecule has 110 valence electrons. The summed E-state index contributed by atoms with van der Waals surface area (Å²) >= 11 is 0. The molecule has 0 fully saturated rings. The SMILES string of the molecule is CNCCCC(=O)NCCS(=O)(=O)NC(C)C.Cl. The number of amides is 1. The number of nitrogens with one attached hydrogen (secondary N) is 3. The topological polar surface area (TPSA) is 87.3 Å². The summed E-state index contributed by atoms with van der Waals surface area (Å²) < 4.78 is 25.3. The van der Waals surface area contributed by atoms with Crippen LogP contribution in [0.3, 0.4) is 0 Å². The summed E-state index contributed by atoms with van der Waals surface area (Å²) in [6.07, 6.45) is 1.16. The van der Waals surface area contributed by atoms with E-state index in [1.54, 1.807) is 13.8 Å².